The Kier molecular flexibility index (Phi) is 3.84. The number of anilines is 1. The highest BCUT2D eigenvalue weighted by Crippen LogP contribution is 2.18. The SMILES string of the molecule is O=C(C1=CC=C/C1=N\Nc1ccc([N+](=O)[O-])cc1)c1ccco1. The van der Waals surface area contributed by atoms with E-state index in [2.05, 4.69) is 10.5 Å². The van der Waals surface area contributed by atoms with Crippen molar-refractivity contribution in [1.82, 2.24) is 0 Å². The Balaban J connectivity index is 1.74. The zero-order chi connectivity index (χ0) is 16.2. The van der Waals surface area contributed by atoms with E-state index in [1.54, 1.807) is 42.5 Å². The van der Waals surface area contributed by atoms with Crippen LogP contribution in [0, 0.1) is 10.1 Å². The molecule has 0 spiro atoms. The fraction of sp³-hybridized carbons (Fsp3) is 0. The summed E-state index contributed by atoms with van der Waals surface area (Å²) in [5.74, 6) is -0.0211. The molecule has 0 saturated heterocycles. The van der Waals surface area contributed by atoms with Gasteiger partial charge >= 0.3 is 0 Å². The van der Waals surface area contributed by atoms with Gasteiger partial charge in [-0.05, 0) is 36.4 Å². The Morgan fingerprint density at radius 3 is 2.65 bits per heavy atom. The maximum atomic E-state index is 12.3. The highest BCUT2D eigenvalue weighted by Gasteiger charge is 2.20. The standard InChI is InChI=1S/C16H11N3O4/c20-16(15-5-2-10-23-15)13-3-1-4-14(13)18-17-11-6-8-12(9-7-11)19(21)22/h1-10,17H/b18-14+. The van der Waals surface area contributed by atoms with Gasteiger partial charge in [0.25, 0.3) is 5.69 Å². The highest BCUT2D eigenvalue weighted by atomic mass is 16.6. The average molecular weight is 309 g/mol. The molecule has 0 fully saturated rings. The number of nitrogens with one attached hydrogen (secondary N) is 1. The Labute approximate surface area is 130 Å². The van der Waals surface area contributed by atoms with Gasteiger partial charge in [-0.1, -0.05) is 6.08 Å². The lowest BCUT2D eigenvalue weighted by Crippen LogP contribution is -2.10. The molecule has 1 aliphatic rings. The number of hydrazone groups is 1. The van der Waals surface area contributed by atoms with E-state index in [4.69, 9.17) is 4.42 Å². The molecule has 1 aliphatic carbocycles. The summed E-state index contributed by atoms with van der Waals surface area (Å²) in [6.07, 6.45) is 6.49. The van der Waals surface area contributed by atoms with Crippen molar-refractivity contribution < 1.29 is 14.1 Å². The minimum Gasteiger partial charge on any atom is -0.461 e. The number of benzene rings is 1. The van der Waals surface area contributed by atoms with E-state index in [0.29, 0.717) is 17.0 Å². The lowest BCUT2D eigenvalue weighted by Gasteiger charge is -2.04. The van der Waals surface area contributed by atoms with Crippen LogP contribution in [0.5, 0.6) is 0 Å². The van der Waals surface area contributed by atoms with Crippen molar-refractivity contribution >= 4 is 22.9 Å². The molecule has 0 aliphatic heterocycles. The zero-order valence-corrected chi connectivity index (χ0v) is 11.8. The highest BCUT2D eigenvalue weighted by molar-refractivity contribution is 6.32. The monoisotopic (exact) mass is 309 g/mol. The first-order chi connectivity index (χ1) is 11.1. The molecule has 0 unspecified atom stereocenters. The number of hydrogen-bond acceptors (Lipinski definition) is 6. The van der Waals surface area contributed by atoms with Crippen molar-refractivity contribution in [1.29, 1.82) is 0 Å². The summed E-state index contributed by atoms with van der Waals surface area (Å²) >= 11 is 0. The molecule has 0 atom stereocenters. The molecule has 7 nitrogen and oxygen atoms in total. The van der Waals surface area contributed by atoms with E-state index < -0.39 is 4.92 Å². The van der Waals surface area contributed by atoms with E-state index in [0.717, 1.165) is 0 Å². The third-order valence-electron chi connectivity index (χ3n) is 3.17. The summed E-state index contributed by atoms with van der Waals surface area (Å²) in [6, 6.07) is 9.05. The van der Waals surface area contributed by atoms with Gasteiger partial charge in [-0.2, -0.15) is 5.10 Å². The van der Waals surface area contributed by atoms with Crippen molar-refractivity contribution in [2.75, 3.05) is 5.43 Å². The van der Waals surface area contributed by atoms with Gasteiger partial charge in [0, 0.05) is 12.1 Å². The quantitative estimate of drug-likeness (QED) is 0.519. The average Bonchev–Trinajstić information content (AvgIpc) is 3.24. The number of carbonyl (C=O) groups is 1. The van der Waals surface area contributed by atoms with Gasteiger partial charge in [0.2, 0.25) is 5.78 Å². The van der Waals surface area contributed by atoms with Crippen LogP contribution in [0.1, 0.15) is 10.6 Å². The first-order valence-corrected chi connectivity index (χ1v) is 6.70. The minimum absolute atomic E-state index is 0.00227. The van der Waals surface area contributed by atoms with Crippen LogP contribution < -0.4 is 5.43 Å². The number of furan rings is 1. The van der Waals surface area contributed by atoms with E-state index in [9.17, 15) is 14.9 Å². The zero-order valence-electron chi connectivity index (χ0n) is 11.8. The number of nitro groups is 1. The normalized spacial score (nSPS) is 14.8. The Morgan fingerprint density at radius 1 is 1.22 bits per heavy atom. The van der Waals surface area contributed by atoms with Crippen molar-refractivity contribution in [3.8, 4) is 0 Å². The summed E-state index contributed by atoms with van der Waals surface area (Å²) in [5.41, 5.74) is 4.22. The number of rotatable bonds is 5. The molecule has 0 saturated carbocycles. The molecule has 0 radical (unpaired) electrons. The van der Waals surface area contributed by atoms with Crippen LogP contribution in [0.15, 0.2) is 76.0 Å². The molecule has 2 aromatic rings. The molecule has 3 rings (SSSR count). The molecule has 0 bridgehead atoms. The van der Waals surface area contributed by atoms with Gasteiger partial charge in [-0.15, -0.1) is 0 Å². The molecule has 114 valence electrons. The van der Waals surface area contributed by atoms with E-state index in [1.165, 1.54) is 18.4 Å². The summed E-state index contributed by atoms with van der Waals surface area (Å²) in [5, 5.41) is 14.8. The molecule has 7 heteroatoms. The van der Waals surface area contributed by atoms with Crippen molar-refractivity contribution in [2.24, 2.45) is 5.10 Å². The fourth-order valence-electron chi connectivity index (χ4n) is 2.02. The Morgan fingerprint density at radius 2 is 2.00 bits per heavy atom. The van der Waals surface area contributed by atoms with Crippen LogP contribution in [0.2, 0.25) is 0 Å². The van der Waals surface area contributed by atoms with Crippen LogP contribution >= 0.6 is 0 Å². The number of carbonyl (C=O) groups excluding carboxylic acids is 1. The van der Waals surface area contributed by atoms with Gasteiger partial charge in [-0.3, -0.25) is 20.3 Å². The number of ketones is 1. The smallest absolute Gasteiger partial charge is 0.269 e. The largest absolute Gasteiger partial charge is 0.461 e. The van der Waals surface area contributed by atoms with Crippen molar-refractivity contribution in [3.05, 3.63) is 82.3 Å². The molecule has 1 aromatic carbocycles. The Bertz CT molecular complexity index is 831. The Hall–Kier alpha value is -3.48. The number of allylic oxidation sites excluding steroid dienone is 4. The molecule has 0 amide bonds. The predicted octanol–water partition coefficient (Wildman–Crippen LogP) is 3.33. The number of hydrogen-bond donors (Lipinski definition) is 1. The summed E-state index contributed by atoms with van der Waals surface area (Å²) in [7, 11) is 0. The van der Waals surface area contributed by atoms with Gasteiger partial charge in [0.15, 0.2) is 5.76 Å². The molecular formula is C16H11N3O4. The second-order valence-electron chi connectivity index (χ2n) is 4.66. The van der Waals surface area contributed by atoms with E-state index >= 15 is 0 Å². The number of Topliss-reactive ketones (excluding diaryl/α,β-unsaturated/α-hetero) is 1. The summed E-state index contributed by atoms with van der Waals surface area (Å²) in [6.45, 7) is 0. The maximum absolute atomic E-state index is 12.3. The van der Waals surface area contributed by atoms with Crippen LogP contribution in [-0.2, 0) is 0 Å². The first-order valence-electron chi connectivity index (χ1n) is 6.70. The second-order valence-corrected chi connectivity index (χ2v) is 4.66. The van der Waals surface area contributed by atoms with Crippen LogP contribution in [0.4, 0.5) is 11.4 Å². The third kappa shape index (κ3) is 3.08. The minimum atomic E-state index is -0.474. The maximum Gasteiger partial charge on any atom is 0.269 e. The number of nitrogens with zero attached hydrogens (tertiary/aromatic N) is 2. The molecule has 1 N–H and O–H groups in total. The van der Waals surface area contributed by atoms with E-state index in [1.807, 2.05) is 0 Å². The molecule has 1 heterocycles. The van der Waals surface area contributed by atoms with Gasteiger partial charge in [0.1, 0.15) is 0 Å². The first kappa shape index (κ1) is 14.5. The van der Waals surface area contributed by atoms with Gasteiger partial charge in [-0.25, -0.2) is 0 Å². The molecular weight excluding hydrogens is 298 g/mol. The van der Waals surface area contributed by atoms with E-state index in [-0.39, 0.29) is 17.2 Å². The lowest BCUT2D eigenvalue weighted by atomic mass is 10.1. The topological polar surface area (TPSA) is 97.7 Å². The van der Waals surface area contributed by atoms with Crippen LogP contribution in [-0.4, -0.2) is 16.4 Å². The van der Waals surface area contributed by atoms with Gasteiger partial charge in [0.05, 0.1) is 28.2 Å². The summed E-state index contributed by atoms with van der Waals surface area (Å²) in [4.78, 5) is 22.4. The number of non-ortho nitro benzene ring substituents is 1. The molecule has 1 aromatic heterocycles. The third-order valence-corrected chi connectivity index (χ3v) is 3.17. The van der Waals surface area contributed by atoms with Crippen LogP contribution in [0.25, 0.3) is 0 Å². The van der Waals surface area contributed by atoms with Crippen molar-refractivity contribution in [2.45, 2.75) is 0 Å². The second kappa shape index (κ2) is 6.10. The fourth-order valence-corrected chi connectivity index (χ4v) is 2.02. The van der Waals surface area contributed by atoms with Crippen LogP contribution in [0.3, 0.4) is 0 Å². The van der Waals surface area contributed by atoms with Gasteiger partial charge < -0.3 is 4.42 Å². The number of nitro benzene ring substituents is 1. The predicted molar refractivity (Wildman–Crippen MR) is 84.4 cm³/mol. The molecule has 23 heavy (non-hydrogen) atoms. The lowest BCUT2D eigenvalue weighted by molar-refractivity contribution is -0.384. The summed E-state index contributed by atoms with van der Waals surface area (Å²) < 4.78 is 5.10. The van der Waals surface area contributed by atoms with Crippen molar-refractivity contribution in [3.63, 3.8) is 0 Å².